The summed E-state index contributed by atoms with van der Waals surface area (Å²) in [4.78, 5) is 0. The predicted octanol–water partition coefficient (Wildman–Crippen LogP) is 1.32. The number of nitrogens with two attached hydrogens (primary N) is 1. The summed E-state index contributed by atoms with van der Waals surface area (Å²) in [5.41, 5.74) is 6.82. The Bertz CT molecular complexity index is 646. The molecule has 2 aromatic rings. The van der Waals surface area contributed by atoms with Crippen LogP contribution in [0.1, 0.15) is 0 Å². The van der Waals surface area contributed by atoms with Crippen molar-refractivity contribution in [2.24, 2.45) is 0 Å². The highest BCUT2D eigenvalue weighted by atomic mass is 32.2. The Morgan fingerprint density at radius 1 is 1.28 bits per heavy atom. The first-order chi connectivity index (χ1) is 8.38. The first-order valence-corrected chi connectivity index (χ1v) is 6.99. The summed E-state index contributed by atoms with van der Waals surface area (Å²) in [6.07, 6.45) is 1.15. The van der Waals surface area contributed by atoms with Gasteiger partial charge in [-0.15, -0.1) is 0 Å². The maximum absolute atomic E-state index is 11.4. The van der Waals surface area contributed by atoms with Crippen molar-refractivity contribution < 1.29 is 12.9 Å². The van der Waals surface area contributed by atoms with Gasteiger partial charge < -0.3 is 10.3 Å². The van der Waals surface area contributed by atoms with E-state index in [9.17, 15) is 8.42 Å². The van der Waals surface area contributed by atoms with Crippen LogP contribution in [0.25, 0.3) is 11.3 Å². The molecule has 7 heteroatoms. The summed E-state index contributed by atoms with van der Waals surface area (Å²) >= 11 is 0. The fourth-order valence-corrected chi connectivity index (χ4v) is 1.96. The van der Waals surface area contributed by atoms with Crippen LogP contribution in [0.15, 0.2) is 34.9 Å². The molecule has 6 nitrogen and oxygen atoms in total. The quantitative estimate of drug-likeness (QED) is 0.905. The first-order valence-electron chi connectivity index (χ1n) is 5.14. The van der Waals surface area contributed by atoms with Gasteiger partial charge in [-0.3, -0.25) is 4.31 Å². The maximum atomic E-state index is 11.4. The zero-order valence-electron chi connectivity index (χ0n) is 9.99. The molecule has 0 aliphatic rings. The minimum absolute atomic E-state index is 0.308. The molecular formula is C11H13N3O3S. The highest BCUT2D eigenvalue weighted by molar-refractivity contribution is 7.92. The van der Waals surface area contributed by atoms with Crippen molar-refractivity contribution >= 4 is 21.5 Å². The number of anilines is 2. The van der Waals surface area contributed by atoms with Gasteiger partial charge in [0.05, 0.1) is 11.9 Å². The molecule has 0 bridgehead atoms. The van der Waals surface area contributed by atoms with Crippen molar-refractivity contribution in [2.45, 2.75) is 0 Å². The second-order valence-corrected chi connectivity index (χ2v) is 5.91. The number of hydrogen-bond acceptors (Lipinski definition) is 5. The van der Waals surface area contributed by atoms with Crippen LogP contribution >= 0.6 is 0 Å². The largest absolute Gasteiger partial charge is 0.381 e. The predicted molar refractivity (Wildman–Crippen MR) is 69.6 cm³/mol. The minimum Gasteiger partial charge on any atom is -0.381 e. The average molecular weight is 267 g/mol. The number of aromatic nitrogens is 1. The van der Waals surface area contributed by atoms with Crippen LogP contribution in [0, 0.1) is 0 Å². The summed E-state index contributed by atoms with van der Waals surface area (Å²) in [7, 11) is -1.75. The van der Waals surface area contributed by atoms with E-state index in [2.05, 4.69) is 5.16 Å². The van der Waals surface area contributed by atoms with Crippen molar-refractivity contribution in [3.05, 3.63) is 30.3 Å². The topological polar surface area (TPSA) is 89.4 Å². The number of benzene rings is 1. The Balaban J connectivity index is 2.31. The van der Waals surface area contributed by atoms with Crippen molar-refractivity contribution in [3.63, 3.8) is 0 Å². The van der Waals surface area contributed by atoms with Crippen LogP contribution in [0.2, 0.25) is 0 Å². The fourth-order valence-electron chi connectivity index (χ4n) is 1.45. The molecule has 0 saturated heterocycles. The Kier molecular flexibility index (Phi) is 3.00. The minimum atomic E-state index is -3.25. The zero-order chi connectivity index (χ0) is 13.3. The van der Waals surface area contributed by atoms with Gasteiger partial charge in [0.2, 0.25) is 10.0 Å². The number of hydrogen-bond donors (Lipinski definition) is 1. The molecule has 96 valence electrons. The van der Waals surface area contributed by atoms with E-state index in [0.29, 0.717) is 17.3 Å². The molecule has 1 aromatic carbocycles. The molecular weight excluding hydrogens is 254 g/mol. The van der Waals surface area contributed by atoms with E-state index in [0.717, 1.165) is 11.8 Å². The number of nitrogens with zero attached hydrogens (tertiary/aromatic N) is 2. The van der Waals surface area contributed by atoms with Gasteiger partial charge in [0.25, 0.3) is 0 Å². The molecule has 0 aliphatic carbocycles. The lowest BCUT2D eigenvalue weighted by molar-refractivity contribution is 0.436. The summed E-state index contributed by atoms with van der Waals surface area (Å²) in [5.74, 6) is 0.850. The van der Waals surface area contributed by atoms with Crippen LogP contribution in [-0.2, 0) is 10.0 Å². The van der Waals surface area contributed by atoms with Gasteiger partial charge in [-0.05, 0) is 24.3 Å². The molecule has 1 heterocycles. The third kappa shape index (κ3) is 2.45. The molecule has 18 heavy (non-hydrogen) atoms. The summed E-state index contributed by atoms with van der Waals surface area (Å²) < 4.78 is 29.0. The lowest BCUT2D eigenvalue weighted by Crippen LogP contribution is -2.24. The second-order valence-electron chi connectivity index (χ2n) is 3.89. The summed E-state index contributed by atoms with van der Waals surface area (Å²) in [6.45, 7) is 0. The van der Waals surface area contributed by atoms with Gasteiger partial charge in [-0.2, -0.15) is 0 Å². The maximum Gasteiger partial charge on any atom is 0.231 e. The highest BCUT2D eigenvalue weighted by Gasteiger charge is 2.12. The van der Waals surface area contributed by atoms with Crippen molar-refractivity contribution in [1.82, 2.24) is 5.16 Å². The molecule has 1 aromatic heterocycles. The van der Waals surface area contributed by atoms with Gasteiger partial charge in [0.15, 0.2) is 11.6 Å². The van der Waals surface area contributed by atoms with Crippen molar-refractivity contribution in [3.8, 4) is 11.3 Å². The van der Waals surface area contributed by atoms with E-state index in [-0.39, 0.29) is 0 Å². The van der Waals surface area contributed by atoms with Crippen LogP contribution in [-0.4, -0.2) is 26.9 Å². The van der Waals surface area contributed by atoms with Crippen LogP contribution < -0.4 is 10.0 Å². The highest BCUT2D eigenvalue weighted by Crippen LogP contribution is 2.24. The van der Waals surface area contributed by atoms with Gasteiger partial charge >= 0.3 is 0 Å². The molecule has 0 unspecified atom stereocenters. The monoisotopic (exact) mass is 267 g/mol. The molecule has 0 aliphatic heterocycles. The van der Waals surface area contributed by atoms with E-state index in [1.807, 2.05) is 0 Å². The summed E-state index contributed by atoms with van der Waals surface area (Å²) in [6, 6.07) is 8.48. The number of nitrogen functional groups attached to an aromatic ring is 1. The van der Waals surface area contributed by atoms with E-state index in [1.54, 1.807) is 30.3 Å². The van der Waals surface area contributed by atoms with E-state index in [1.165, 1.54) is 11.4 Å². The van der Waals surface area contributed by atoms with Crippen molar-refractivity contribution in [2.75, 3.05) is 23.3 Å². The van der Waals surface area contributed by atoms with E-state index >= 15 is 0 Å². The molecule has 0 spiro atoms. The normalized spacial score (nSPS) is 11.4. The van der Waals surface area contributed by atoms with Crippen molar-refractivity contribution in [1.29, 1.82) is 0 Å². The van der Waals surface area contributed by atoms with Gasteiger partial charge in [-0.1, -0.05) is 5.16 Å². The molecule has 2 rings (SSSR count). The van der Waals surface area contributed by atoms with Crippen LogP contribution in [0.4, 0.5) is 11.5 Å². The Morgan fingerprint density at radius 3 is 2.33 bits per heavy atom. The summed E-state index contributed by atoms with van der Waals surface area (Å²) in [5, 5.41) is 3.59. The third-order valence-corrected chi connectivity index (χ3v) is 3.75. The molecule has 0 amide bonds. The molecule has 0 radical (unpaired) electrons. The molecule has 0 saturated carbocycles. The van der Waals surface area contributed by atoms with Gasteiger partial charge in [0, 0.05) is 18.7 Å². The van der Waals surface area contributed by atoms with Crippen LogP contribution in [0.5, 0.6) is 0 Å². The lowest BCUT2D eigenvalue weighted by Gasteiger charge is -2.16. The average Bonchev–Trinajstić information content (AvgIpc) is 2.74. The molecule has 2 N–H and O–H groups in total. The number of sulfonamides is 1. The third-order valence-electron chi connectivity index (χ3n) is 2.54. The van der Waals surface area contributed by atoms with Crippen LogP contribution in [0.3, 0.4) is 0 Å². The standard InChI is InChI=1S/C11H13N3O3S/c1-14(18(2,15)16)9-5-3-8(4-6-9)10-7-11(12)13-17-10/h3-7H,1-2H3,(H2,12,13). The molecule has 0 fully saturated rings. The zero-order valence-corrected chi connectivity index (χ0v) is 10.8. The first kappa shape index (κ1) is 12.4. The Morgan fingerprint density at radius 2 is 1.89 bits per heavy atom. The van der Waals surface area contributed by atoms with Gasteiger partial charge in [0.1, 0.15) is 0 Å². The Hall–Kier alpha value is -2.02. The smallest absolute Gasteiger partial charge is 0.231 e. The van der Waals surface area contributed by atoms with E-state index in [4.69, 9.17) is 10.3 Å². The Labute approximate surface area is 105 Å². The second kappa shape index (κ2) is 4.34. The SMILES string of the molecule is CN(c1ccc(-c2cc(N)no2)cc1)S(C)(=O)=O. The van der Waals surface area contributed by atoms with E-state index < -0.39 is 10.0 Å². The molecule has 0 atom stereocenters. The lowest BCUT2D eigenvalue weighted by atomic mass is 10.1. The van der Waals surface area contributed by atoms with Gasteiger partial charge in [-0.25, -0.2) is 8.42 Å². The number of rotatable bonds is 3. The fraction of sp³-hybridized carbons (Fsp3) is 0.182.